The first-order valence-electron chi connectivity index (χ1n) is 7.27. The number of amides is 1. The summed E-state index contributed by atoms with van der Waals surface area (Å²) in [6.07, 6.45) is 3.80. The minimum absolute atomic E-state index is 0.207. The van der Waals surface area contributed by atoms with Crippen LogP contribution in [0.4, 0.5) is 4.79 Å². The number of nitrogens with zero attached hydrogens (tertiary/aromatic N) is 1. The summed E-state index contributed by atoms with van der Waals surface area (Å²) in [4.78, 5) is 13.8. The van der Waals surface area contributed by atoms with Gasteiger partial charge in [0.15, 0.2) is 0 Å². The first-order chi connectivity index (χ1) is 8.81. The van der Waals surface area contributed by atoms with Gasteiger partial charge in [-0.3, -0.25) is 4.90 Å². The minimum atomic E-state index is -0.458. The number of ether oxygens (including phenoxy) is 1. The Bertz CT molecular complexity index is 332. The van der Waals surface area contributed by atoms with Crippen molar-refractivity contribution in [2.24, 2.45) is 11.1 Å². The molecule has 2 saturated heterocycles. The normalized spacial score (nSPS) is 27.4. The Morgan fingerprint density at radius 3 is 2.47 bits per heavy atom. The Kier molecular flexibility index (Phi) is 4.06. The highest BCUT2D eigenvalue weighted by molar-refractivity contribution is 5.68. The third kappa shape index (κ3) is 3.60. The Morgan fingerprint density at radius 2 is 1.95 bits per heavy atom. The van der Waals surface area contributed by atoms with Crippen LogP contribution in [-0.2, 0) is 4.74 Å². The third-order valence-electron chi connectivity index (χ3n) is 4.22. The van der Waals surface area contributed by atoms with Gasteiger partial charge in [0.2, 0.25) is 0 Å². The van der Waals surface area contributed by atoms with Gasteiger partial charge in [0, 0.05) is 6.54 Å². The molecule has 0 aromatic rings. The Balaban J connectivity index is 1.95. The maximum absolute atomic E-state index is 12.1. The van der Waals surface area contributed by atoms with E-state index in [1.165, 1.54) is 12.8 Å². The van der Waals surface area contributed by atoms with Crippen LogP contribution in [-0.4, -0.2) is 42.4 Å². The lowest BCUT2D eigenvalue weighted by atomic mass is 9.71. The number of piperidine rings is 2. The Hall–Kier alpha value is -0.810. The predicted octanol–water partition coefficient (Wildman–Crippen LogP) is 1.67. The molecule has 1 unspecified atom stereocenters. The molecule has 2 fully saturated rings. The van der Waals surface area contributed by atoms with Gasteiger partial charge in [0.25, 0.3) is 0 Å². The van der Waals surface area contributed by atoms with E-state index in [9.17, 15) is 4.79 Å². The molecule has 5 nitrogen and oxygen atoms in total. The molecule has 1 spiro atoms. The topological polar surface area (TPSA) is 67.6 Å². The van der Waals surface area contributed by atoms with Gasteiger partial charge in [-0.15, -0.1) is 0 Å². The average Bonchev–Trinajstić information content (AvgIpc) is 2.27. The molecular formula is C14H27N3O2. The van der Waals surface area contributed by atoms with E-state index < -0.39 is 5.60 Å². The van der Waals surface area contributed by atoms with Gasteiger partial charge in [-0.1, -0.05) is 0 Å². The molecule has 1 atom stereocenters. The number of carbonyl (C=O) groups excluding carboxylic acids is 1. The highest BCUT2D eigenvalue weighted by Gasteiger charge is 2.41. The summed E-state index contributed by atoms with van der Waals surface area (Å²) in [5.74, 6) is 0. The number of carbonyl (C=O) groups is 1. The maximum Gasteiger partial charge on any atom is 0.411 e. The van der Waals surface area contributed by atoms with Gasteiger partial charge >= 0.3 is 6.09 Å². The Morgan fingerprint density at radius 1 is 1.32 bits per heavy atom. The number of hydrogen-bond donors (Lipinski definition) is 2. The zero-order valence-electron chi connectivity index (χ0n) is 12.4. The molecule has 2 rings (SSSR count). The quantitative estimate of drug-likeness (QED) is 0.702. The largest absolute Gasteiger partial charge is 0.444 e. The van der Waals surface area contributed by atoms with Crippen molar-refractivity contribution in [3.8, 4) is 0 Å². The molecule has 0 aromatic heterocycles. The number of likely N-dealkylation sites (tertiary alicyclic amines) is 1. The van der Waals surface area contributed by atoms with Gasteiger partial charge in [-0.2, -0.15) is 0 Å². The average molecular weight is 269 g/mol. The number of hydrogen-bond acceptors (Lipinski definition) is 4. The lowest BCUT2D eigenvalue weighted by molar-refractivity contribution is -0.0134. The lowest BCUT2D eigenvalue weighted by Crippen LogP contribution is -2.56. The molecule has 1 amide bonds. The number of nitrogens with two attached hydrogens (primary N) is 1. The van der Waals surface area contributed by atoms with Crippen molar-refractivity contribution in [2.75, 3.05) is 19.6 Å². The first kappa shape index (κ1) is 14.6. The fourth-order valence-corrected chi connectivity index (χ4v) is 3.14. The second-order valence-electron chi connectivity index (χ2n) is 6.95. The molecule has 0 radical (unpaired) electrons. The molecule has 0 bridgehead atoms. The third-order valence-corrected chi connectivity index (χ3v) is 4.22. The summed E-state index contributed by atoms with van der Waals surface area (Å²) < 4.78 is 5.42. The summed E-state index contributed by atoms with van der Waals surface area (Å²) in [6, 6.07) is 0. The fraction of sp³-hybridized carbons (Fsp3) is 0.929. The molecular weight excluding hydrogens is 242 g/mol. The molecule has 0 aromatic carbocycles. The van der Waals surface area contributed by atoms with E-state index >= 15 is 0 Å². The van der Waals surface area contributed by atoms with Gasteiger partial charge in [-0.05, 0) is 65.0 Å². The number of nitrogens with one attached hydrogen (secondary N) is 1. The van der Waals surface area contributed by atoms with Crippen molar-refractivity contribution in [3.05, 3.63) is 0 Å². The van der Waals surface area contributed by atoms with Crippen molar-refractivity contribution in [3.63, 3.8) is 0 Å². The van der Waals surface area contributed by atoms with E-state index in [-0.39, 0.29) is 12.3 Å². The Labute approximate surface area is 115 Å². The molecule has 19 heavy (non-hydrogen) atoms. The summed E-state index contributed by atoms with van der Waals surface area (Å²) in [5.41, 5.74) is 6.09. The van der Waals surface area contributed by atoms with Crippen molar-refractivity contribution in [1.82, 2.24) is 10.2 Å². The van der Waals surface area contributed by atoms with Crippen molar-refractivity contribution < 1.29 is 9.53 Å². The van der Waals surface area contributed by atoms with Crippen LogP contribution >= 0.6 is 0 Å². The van der Waals surface area contributed by atoms with Crippen LogP contribution in [0, 0.1) is 5.41 Å². The predicted molar refractivity (Wildman–Crippen MR) is 74.7 cm³/mol. The molecule has 3 N–H and O–H groups in total. The molecule has 5 heteroatoms. The molecule has 0 aliphatic carbocycles. The minimum Gasteiger partial charge on any atom is -0.444 e. The zero-order chi connectivity index (χ0) is 14.1. The van der Waals surface area contributed by atoms with E-state index in [0.29, 0.717) is 5.41 Å². The van der Waals surface area contributed by atoms with Crippen LogP contribution in [0.15, 0.2) is 0 Å². The summed E-state index contributed by atoms with van der Waals surface area (Å²) in [6.45, 7) is 8.51. The van der Waals surface area contributed by atoms with E-state index in [2.05, 4.69) is 5.32 Å². The van der Waals surface area contributed by atoms with Crippen LogP contribution in [0.25, 0.3) is 0 Å². The second-order valence-corrected chi connectivity index (χ2v) is 6.95. The van der Waals surface area contributed by atoms with Crippen LogP contribution in [0.3, 0.4) is 0 Å². The summed E-state index contributed by atoms with van der Waals surface area (Å²) in [7, 11) is 0. The van der Waals surface area contributed by atoms with Crippen LogP contribution in [0.2, 0.25) is 0 Å². The zero-order valence-corrected chi connectivity index (χ0v) is 12.4. The molecule has 0 saturated carbocycles. The van der Waals surface area contributed by atoms with Crippen molar-refractivity contribution in [2.45, 2.75) is 58.2 Å². The molecule has 2 aliphatic heterocycles. The SMILES string of the molecule is CC(C)(C)OC(=O)N1CCC2(CCNCC2)CC1N. The lowest BCUT2D eigenvalue weighted by Gasteiger charge is -2.47. The monoisotopic (exact) mass is 269 g/mol. The van der Waals surface area contributed by atoms with Gasteiger partial charge < -0.3 is 15.8 Å². The van der Waals surface area contributed by atoms with Gasteiger partial charge in [0.05, 0.1) is 6.17 Å². The maximum atomic E-state index is 12.1. The van der Waals surface area contributed by atoms with E-state index in [1.807, 2.05) is 20.8 Å². The fourth-order valence-electron chi connectivity index (χ4n) is 3.14. The first-order valence-corrected chi connectivity index (χ1v) is 7.27. The van der Waals surface area contributed by atoms with E-state index in [0.717, 1.165) is 32.5 Å². The van der Waals surface area contributed by atoms with Gasteiger partial charge in [-0.25, -0.2) is 4.79 Å². The van der Waals surface area contributed by atoms with Crippen molar-refractivity contribution >= 4 is 6.09 Å². The second kappa shape index (κ2) is 5.29. The molecule has 110 valence electrons. The highest BCUT2D eigenvalue weighted by Crippen LogP contribution is 2.41. The van der Waals surface area contributed by atoms with E-state index in [1.54, 1.807) is 4.90 Å². The van der Waals surface area contributed by atoms with E-state index in [4.69, 9.17) is 10.5 Å². The van der Waals surface area contributed by atoms with Crippen LogP contribution in [0.5, 0.6) is 0 Å². The number of rotatable bonds is 0. The summed E-state index contributed by atoms with van der Waals surface area (Å²) >= 11 is 0. The molecule has 2 heterocycles. The smallest absolute Gasteiger partial charge is 0.411 e. The highest BCUT2D eigenvalue weighted by atomic mass is 16.6. The van der Waals surface area contributed by atoms with Crippen molar-refractivity contribution in [1.29, 1.82) is 0 Å². The van der Waals surface area contributed by atoms with Gasteiger partial charge in [0.1, 0.15) is 5.60 Å². The molecule has 2 aliphatic rings. The standard InChI is InChI=1S/C14H27N3O2/c1-13(2,3)19-12(18)17-9-6-14(10-11(17)15)4-7-16-8-5-14/h11,16H,4-10,15H2,1-3H3. The van der Waals surface area contributed by atoms with Crippen LogP contribution in [0.1, 0.15) is 46.5 Å². The van der Waals surface area contributed by atoms with Crippen LogP contribution < -0.4 is 11.1 Å². The summed E-state index contributed by atoms with van der Waals surface area (Å²) in [5, 5.41) is 3.39.